The molecule has 0 spiro atoms. The highest BCUT2D eigenvalue weighted by Gasteiger charge is 2.57. The summed E-state index contributed by atoms with van der Waals surface area (Å²) >= 11 is 3.26. The second-order valence-electron chi connectivity index (χ2n) is 7.92. The molecule has 10 heteroatoms. The molecule has 0 saturated heterocycles. The number of hydrogen-bond donors (Lipinski definition) is 1. The van der Waals surface area contributed by atoms with Crippen molar-refractivity contribution in [3.8, 4) is 0 Å². The fraction of sp³-hybridized carbons (Fsp3) is 0.375. The summed E-state index contributed by atoms with van der Waals surface area (Å²) in [6, 6.07) is 14.3. The van der Waals surface area contributed by atoms with Crippen molar-refractivity contribution in [2.24, 2.45) is 0 Å². The van der Waals surface area contributed by atoms with Gasteiger partial charge in [0.15, 0.2) is 11.1 Å². The number of benzene rings is 2. The number of carbonyl (C=O) groups is 1. The second kappa shape index (κ2) is 11.4. The average Bonchev–Trinajstić information content (AvgIpc) is 2.83. The van der Waals surface area contributed by atoms with Crippen molar-refractivity contribution in [1.29, 1.82) is 0 Å². The first-order valence-corrected chi connectivity index (χ1v) is 15.0. The molecule has 0 heterocycles. The zero-order valence-corrected chi connectivity index (χ0v) is 22.5. The number of hydrogen-bond acceptors (Lipinski definition) is 6. The van der Waals surface area contributed by atoms with Gasteiger partial charge >= 0.3 is 7.60 Å². The van der Waals surface area contributed by atoms with Crippen molar-refractivity contribution in [3.05, 3.63) is 76.3 Å². The maximum absolute atomic E-state index is 14.6. The van der Waals surface area contributed by atoms with Crippen LogP contribution >= 0.6 is 23.5 Å². The zero-order valence-electron chi connectivity index (χ0n) is 19.2. The van der Waals surface area contributed by atoms with E-state index in [1.54, 1.807) is 42.5 Å². The molecular formula is C24H29BrNO6PS. The summed E-state index contributed by atoms with van der Waals surface area (Å²) in [5, 5.41) is -1.95. The van der Waals surface area contributed by atoms with Crippen molar-refractivity contribution >= 4 is 39.3 Å². The second-order valence-corrected chi connectivity index (χ2v) is 12.7. The average molecular weight is 570 g/mol. The summed E-state index contributed by atoms with van der Waals surface area (Å²) in [5.41, 5.74) is 0.435. The largest absolute Gasteiger partial charge is 0.360 e. The van der Waals surface area contributed by atoms with Gasteiger partial charge in [-0.15, -0.1) is 0 Å². The number of halogens is 1. The number of sulfonamides is 1. The van der Waals surface area contributed by atoms with Crippen molar-refractivity contribution in [1.82, 2.24) is 4.72 Å². The van der Waals surface area contributed by atoms with Gasteiger partial charge in [-0.05, 0) is 47.0 Å². The highest BCUT2D eigenvalue weighted by molar-refractivity contribution is 9.12. The molecule has 1 N–H and O–H groups in total. The van der Waals surface area contributed by atoms with Crippen LogP contribution in [0.3, 0.4) is 0 Å². The van der Waals surface area contributed by atoms with Crippen LogP contribution in [0.5, 0.6) is 0 Å². The van der Waals surface area contributed by atoms with E-state index in [0.29, 0.717) is 12.8 Å². The van der Waals surface area contributed by atoms with Crippen molar-refractivity contribution in [2.45, 2.75) is 49.7 Å². The molecule has 0 radical (unpaired) electrons. The maximum Gasteiger partial charge on any atom is 0.360 e. The van der Waals surface area contributed by atoms with E-state index in [1.165, 1.54) is 18.2 Å². The summed E-state index contributed by atoms with van der Waals surface area (Å²) in [7, 11) is -8.45. The minimum absolute atomic E-state index is 0.0121. The predicted molar refractivity (Wildman–Crippen MR) is 136 cm³/mol. The molecule has 34 heavy (non-hydrogen) atoms. The molecule has 184 valence electrons. The lowest BCUT2D eigenvalue weighted by Gasteiger charge is -2.40. The predicted octanol–water partition coefficient (Wildman–Crippen LogP) is 6.12. The van der Waals surface area contributed by atoms with Gasteiger partial charge in [0, 0.05) is 11.1 Å². The Kier molecular flexibility index (Phi) is 9.06. The van der Waals surface area contributed by atoms with Crippen LogP contribution < -0.4 is 4.72 Å². The van der Waals surface area contributed by atoms with Gasteiger partial charge in [-0.25, -0.2) is 8.42 Å². The summed E-state index contributed by atoms with van der Waals surface area (Å²) in [6.07, 6.45) is 4.09. The lowest BCUT2D eigenvalue weighted by atomic mass is 9.92. The quantitative estimate of drug-likeness (QED) is 0.244. The smallest absolute Gasteiger partial charge is 0.307 e. The summed E-state index contributed by atoms with van der Waals surface area (Å²) in [5.74, 6) is -0.348. The Bertz CT molecular complexity index is 1190. The van der Waals surface area contributed by atoms with E-state index in [-0.39, 0.29) is 39.5 Å². The molecule has 1 aliphatic carbocycles. The number of nitrogens with one attached hydrogen (secondary N) is 1. The molecule has 0 saturated carbocycles. The van der Waals surface area contributed by atoms with Crippen LogP contribution in [-0.4, -0.2) is 27.4 Å². The Hall–Kier alpha value is -1.61. The molecule has 1 aliphatic rings. The van der Waals surface area contributed by atoms with Crippen LogP contribution in [0.2, 0.25) is 0 Å². The van der Waals surface area contributed by atoms with Gasteiger partial charge in [0.05, 0.1) is 22.6 Å². The molecule has 0 aliphatic heterocycles. The Morgan fingerprint density at radius 2 is 1.50 bits per heavy atom. The number of Topliss-reactive ketones (excluding diaryl/α,β-unsaturated/α-hetero) is 1. The fourth-order valence-electron chi connectivity index (χ4n) is 3.60. The molecule has 0 unspecified atom stereocenters. The highest BCUT2D eigenvalue weighted by atomic mass is 79.9. The number of ketones is 1. The van der Waals surface area contributed by atoms with E-state index < -0.39 is 22.9 Å². The Balaban J connectivity index is 2.26. The van der Waals surface area contributed by atoms with Crippen molar-refractivity contribution < 1.29 is 26.8 Å². The molecule has 7 nitrogen and oxygen atoms in total. The topological polar surface area (TPSA) is 98.8 Å². The molecule has 2 aromatic carbocycles. The zero-order chi connectivity index (χ0) is 24.8. The lowest BCUT2D eigenvalue weighted by Crippen LogP contribution is -2.47. The first kappa shape index (κ1) is 27.0. The number of rotatable bonds is 12. The monoisotopic (exact) mass is 569 g/mol. The third kappa shape index (κ3) is 5.45. The summed E-state index contributed by atoms with van der Waals surface area (Å²) in [6.45, 7) is 4.14. The molecule has 0 bridgehead atoms. The number of unbranched alkanes of at least 4 members (excludes halogenated alkanes) is 2. The summed E-state index contributed by atoms with van der Waals surface area (Å²) in [4.78, 5) is 12.9. The third-order valence-electron chi connectivity index (χ3n) is 5.43. The van der Waals surface area contributed by atoms with E-state index in [9.17, 15) is 17.8 Å². The minimum Gasteiger partial charge on any atom is -0.307 e. The van der Waals surface area contributed by atoms with E-state index in [2.05, 4.69) is 20.7 Å². The van der Waals surface area contributed by atoms with Crippen LogP contribution in [0.1, 0.15) is 55.5 Å². The van der Waals surface area contributed by atoms with Gasteiger partial charge in [0.1, 0.15) is 0 Å². The number of fused-ring (bicyclic) bond motifs is 1. The minimum atomic E-state index is -4.25. The van der Waals surface area contributed by atoms with Gasteiger partial charge < -0.3 is 9.05 Å². The van der Waals surface area contributed by atoms with E-state index in [0.717, 1.165) is 12.8 Å². The number of allylic oxidation sites excluding steroid dienone is 1. The fourth-order valence-corrected chi connectivity index (χ4v) is 8.35. The highest BCUT2D eigenvalue weighted by Crippen LogP contribution is 2.67. The van der Waals surface area contributed by atoms with Crippen LogP contribution in [-0.2, 0) is 28.9 Å². The van der Waals surface area contributed by atoms with Gasteiger partial charge in [-0.3, -0.25) is 9.36 Å². The number of carbonyl (C=O) groups excluding carboxylic acids is 1. The maximum atomic E-state index is 14.6. The van der Waals surface area contributed by atoms with Crippen molar-refractivity contribution in [3.63, 3.8) is 0 Å². The van der Waals surface area contributed by atoms with Gasteiger partial charge in [0.2, 0.25) is 10.0 Å². The molecule has 2 aromatic rings. The molecule has 3 rings (SSSR count). The van der Waals surface area contributed by atoms with Gasteiger partial charge in [-0.2, -0.15) is 4.72 Å². The third-order valence-corrected chi connectivity index (χ3v) is 10.0. The molecule has 0 fully saturated rings. The van der Waals surface area contributed by atoms with Crippen LogP contribution in [0.4, 0.5) is 0 Å². The molecule has 0 amide bonds. The SMILES string of the molecule is CCCCOP(=O)(OCCCC)[C@@]1(NS(=O)(=O)c2ccccc2)C=C(Br)C(=O)c2ccccc21. The molecule has 1 atom stereocenters. The lowest BCUT2D eigenvalue weighted by molar-refractivity contribution is 0.103. The normalized spacial score (nSPS) is 18.4. The van der Waals surface area contributed by atoms with Gasteiger partial charge in [-0.1, -0.05) is 69.2 Å². The van der Waals surface area contributed by atoms with E-state index in [4.69, 9.17) is 9.05 Å². The standard InChI is InChI=1S/C24H29BrNO6PS/c1-3-5-16-31-33(28,32-17-6-4-2)24(26-34(29,30)19-12-8-7-9-13-19)18-22(25)23(27)20-14-10-11-15-21(20)24/h7-15,18,26H,3-6,16-17H2,1-2H3/t24-/m0/s1. The first-order chi connectivity index (χ1) is 16.2. The van der Waals surface area contributed by atoms with Crippen LogP contribution in [0.25, 0.3) is 0 Å². The van der Waals surface area contributed by atoms with E-state index >= 15 is 0 Å². The first-order valence-electron chi connectivity index (χ1n) is 11.2. The van der Waals surface area contributed by atoms with Crippen LogP contribution in [0, 0.1) is 0 Å². The Labute approximate surface area is 209 Å². The van der Waals surface area contributed by atoms with Crippen LogP contribution in [0.15, 0.2) is 70.1 Å². The van der Waals surface area contributed by atoms with Gasteiger partial charge in [0.25, 0.3) is 0 Å². The molecule has 0 aromatic heterocycles. The van der Waals surface area contributed by atoms with E-state index in [1.807, 2.05) is 13.8 Å². The molecular weight excluding hydrogens is 541 g/mol. The summed E-state index contributed by atoms with van der Waals surface area (Å²) < 4.78 is 56.2. The Morgan fingerprint density at radius 1 is 0.941 bits per heavy atom. The Morgan fingerprint density at radius 3 is 2.09 bits per heavy atom. The van der Waals surface area contributed by atoms with Crippen molar-refractivity contribution in [2.75, 3.05) is 13.2 Å².